The maximum Gasteiger partial charge on any atom is 0.416 e. The largest absolute Gasteiger partial charge is 0.493 e. The highest BCUT2D eigenvalue weighted by molar-refractivity contribution is 5.63. The molecule has 0 fully saturated rings. The van der Waals surface area contributed by atoms with Crippen molar-refractivity contribution in [1.29, 1.82) is 0 Å². The molecule has 0 saturated heterocycles. The van der Waals surface area contributed by atoms with Crippen molar-refractivity contribution < 1.29 is 32.2 Å². The molecule has 33 heavy (non-hydrogen) atoms. The third-order valence-corrected chi connectivity index (χ3v) is 7.62. The Hall–Kier alpha value is -2.51. The van der Waals surface area contributed by atoms with Crippen LogP contribution < -0.4 is 9.47 Å². The number of rotatable bonds is 3. The first kappa shape index (κ1) is 22.3. The fourth-order valence-corrected chi connectivity index (χ4v) is 5.87. The lowest BCUT2D eigenvalue weighted by Gasteiger charge is -2.37. The quantitative estimate of drug-likeness (QED) is 0.524. The number of aliphatic hydroxyl groups is 1. The molecule has 0 bridgehead atoms. The first-order valence-electron chi connectivity index (χ1n) is 11.3. The normalized spacial score (nSPS) is 30.3. The third kappa shape index (κ3) is 3.62. The molecular formula is C26H29F3NO3+. The van der Waals surface area contributed by atoms with Gasteiger partial charge in [-0.15, -0.1) is 0 Å². The molecule has 1 N–H and O–H groups in total. The molecule has 176 valence electrons. The van der Waals surface area contributed by atoms with E-state index < -0.39 is 17.8 Å². The number of ether oxygens (including phenoxy) is 2. The number of methoxy groups -OCH3 is 1. The van der Waals surface area contributed by atoms with Crippen LogP contribution in [-0.4, -0.2) is 42.5 Å². The predicted molar refractivity (Wildman–Crippen MR) is 118 cm³/mol. The van der Waals surface area contributed by atoms with Gasteiger partial charge >= 0.3 is 6.18 Å². The maximum absolute atomic E-state index is 13.0. The van der Waals surface area contributed by atoms with E-state index in [1.807, 2.05) is 12.1 Å². The first-order valence-corrected chi connectivity index (χ1v) is 11.3. The second-order valence-electron chi connectivity index (χ2n) is 9.99. The van der Waals surface area contributed by atoms with Crippen LogP contribution in [0.4, 0.5) is 13.2 Å². The molecule has 0 amide bonds. The highest BCUT2D eigenvalue weighted by atomic mass is 19.4. The summed E-state index contributed by atoms with van der Waals surface area (Å²) in [6.07, 6.45) is 0.301. The fraction of sp³-hybridized carbons (Fsp3) is 0.462. The van der Waals surface area contributed by atoms with Crippen molar-refractivity contribution in [2.45, 2.75) is 56.7 Å². The average molecular weight is 461 g/mol. The van der Waals surface area contributed by atoms with Crippen molar-refractivity contribution >= 4 is 0 Å². The first-order chi connectivity index (χ1) is 15.5. The summed E-state index contributed by atoms with van der Waals surface area (Å²) in [5.41, 5.74) is 3.41. The molecule has 4 atom stereocenters. The Kier molecular flexibility index (Phi) is 5.07. The molecule has 5 rings (SSSR count). The molecule has 2 heterocycles. The van der Waals surface area contributed by atoms with Crippen LogP contribution in [0.5, 0.6) is 11.5 Å². The Morgan fingerprint density at radius 1 is 1.24 bits per heavy atom. The molecule has 3 aliphatic rings. The van der Waals surface area contributed by atoms with Crippen molar-refractivity contribution in [3.63, 3.8) is 0 Å². The average Bonchev–Trinajstić information content (AvgIpc) is 3.01. The zero-order valence-electron chi connectivity index (χ0n) is 19.1. The van der Waals surface area contributed by atoms with Crippen LogP contribution in [0.3, 0.4) is 0 Å². The van der Waals surface area contributed by atoms with E-state index in [2.05, 4.69) is 20.0 Å². The van der Waals surface area contributed by atoms with Gasteiger partial charge in [0.05, 0.1) is 37.8 Å². The van der Waals surface area contributed by atoms with Gasteiger partial charge in [-0.3, -0.25) is 0 Å². The van der Waals surface area contributed by atoms with Gasteiger partial charge in [0.15, 0.2) is 11.5 Å². The Morgan fingerprint density at radius 3 is 2.64 bits per heavy atom. The van der Waals surface area contributed by atoms with Gasteiger partial charge < -0.3 is 19.1 Å². The predicted octanol–water partition coefficient (Wildman–Crippen LogP) is 4.89. The van der Waals surface area contributed by atoms with Crippen molar-refractivity contribution in [1.82, 2.24) is 0 Å². The van der Waals surface area contributed by atoms with E-state index in [1.165, 1.54) is 17.7 Å². The highest BCUT2D eigenvalue weighted by Crippen LogP contribution is 2.57. The summed E-state index contributed by atoms with van der Waals surface area (Å²) < 4.78 is 51.7. The van der Waals surface area contributed by atoms with Crippen molar-refractivity contribution in [2.24, 2.45) is 0 Å². The smallest absolute Gasteiger partial charge is 0.416 e. The molecule has 7 heteroatoms. The molecule has 2 unspecified atom stereocenters. The van der Waals surface area contributed by atoms with Gasteiger partial charge in [-0.05, 0) is 30.7 Å². The maximum atomic E-state index is 13.0. The SMILES string of the molecule is COc1cc(C)c2c3c1O[C@@H]1C[C@H](O)C=CC31CC[N+](C)(Cc1ccc(C(F)(F)F)cc1)C2. The Bertz CT molecular complexity index is 1110. The van der Waals surface area contributed by atoms with Gasteiger partial charge in [0.2, 0.25) is 0 Å². The molecule has 0 aromatic heterocycles. The topological polar surface area (TPSA) is 38.7 Å². The van der Waals surface area contributed by atoms with E-state index in [9.17, 15) is 18.3 Å². The zero-order chi connectivity index (χ0) is 23.6. The monoisotopic (exact) mass is 460 g/mol. The number of nitrogens with zero attached hydrogens (tertiary/aromatic N) is 1. The van der Waals surface area contributed by atoms with E-state index in [0.29, 0.717) is 23.2 Å². The lowest BCUT2D eigenvalue weighted by molar-refractivity contribution is -0.935. The Morgan fingerprint density at radius 2 is 1.97 bits per heavy atom. The minimum absolute atomic E-state index is 0.167. The molecule has 4 nitrogen and oxygen atoms in total. The van der Waals surface area contributed by atoms with E-state index in [1.54, 1.807) is 19.2 Å². The molecule has 2 aromatic rings. The number of halogens is 3. The zero-order valence-corrected chi connectivity index (χ0v) is 19.1. The Labute approximate surface area is 191 Å². The summed E-state index contributed by atoms with van der Waals surface area (Å²) in [6, 6.07) is 7.53. The molecule has 2 aliphatic heterocycles. The number of quaternary nitrogens is 1. The van der Waals surface area contributed by atoms with Crippen molar-refractivity contribution in [3.05, 3.63) is 70.3 Å². The fourth-order valence-electron chi connectivity index (χ4n) is 5.87. The number of aryl methyl sites for hydroxylation is 1. The second kappa shape index (κ2) is 7.50. The summed E-state index contributed by atoms with van der Waals surface area (Å²) in [6.45, 7) is 4.28. The molecule has 1 aliphatic carbocycles. The third-order valence-electron chi connectivity index (χ3n) is 7.62. The van der Waals surface area contributed by atoms with Gasteiger partial charge in [0, 0.05) is 29.5 Å². The van der Waals surface area contributed by atoms with Crippen molar-refractivity contribution in [3.8, 4) is 11.5 Å². The van der Waals surface area contributed by atoms with Crippen LogP contribution in [0.2, 0.25) is 0 Å². The lowest BCUT2D eigenvalue weighted by atomic mass is 9.68. The van der Waals surface area contributed by atoms with E-state index in [4.69, 9.17) is 9.47 Å². The van der Waals surface area contributed by atoms with Crippen LogP contribution >= 0.6 is 0 Å². The molecule has 2 aromatic carbocycles. The summed E-state index contributed by atoms with van der Waals surface area (Å²) in [5, 5.41) is 10.3. The van der Waals surface area contributed by atoms with Crippen LogP contribution in [0.1, 0.15) is 40.7 Å². The summed E-state index contributed by atoms with van der Waals surface area (Å²) >= 11 is 0. The van der Waals surface area contributed by atoms with Crippen LogP contribution in [0, 0.1) is 6.92 Å². The van der Waals surface area contributed by atoms with E-state index in [-0.39, 0.29) is 11.5 Å². The van der Waals surface area contributed by atoms with E-state index >= 15 is 0 Å². The molecular weight excluding hydrogens is 431 g/mol. The summed E-state index contributed by atoms with van der Waals surface area (Å²) in [5.74, 6) is 1.48. The van der Waals surface area contributed by atoms with Crippen LogP contribution in [0.25, 0.3) is 0 Å². The van der Waals surface area contributed by atoms with Gasteiger partial charge in [0.1, 0.15) is 19.2 Å². The molecule has 0 radical (unpaired) electrons. The minimum atomic E-state index is -4.33. The number of hydrogen-bond acceptors (Lipinski definition) is 3. The number of alkyl halides is 3. The summed E-state index contributed by atoms with van der Waals surface area (Å²) in [4.78, 5) is 0. The van der Waals surface area contributed by atoms with Crippen LogP contribution in [-0.2, 0) is 24.7 Å². The molecule has 0 saturated carbocycles. The minimum Gasteiger partial charge on any atom is -0.493 e. The van der Waals surface area contributed by atoms with Gasteiger partial charge in [-0.25, -0.2) is 0 Å². The molecule has 1 spiro atoms. The number of aliphatic hydroxyl groups excluding tert-OH is 1. The highest BCUT2D eigenvalue weighted by Gasteiger charge is 2.55. The standard InChI is InChI=1S/C26H29F3NO3/c1-16-12-21(32-3)24-23-20(16)15-30(2,14-17-4-6-18(7-5-17)26(27,28)29)11-10-25(23)9-8-19(31)13-22(25)33-24/h4-9,12,19,22,31H,10-11,13-15H2,1-3H3/q+1/t19-,22-,25?,30?/m1/s1. The van der Waals surface area contributed by atoms with E-state index in [0.717, 1.165) is 42.0 Å². The Balaban J connectivity index is 1.56. The number of benzene rings is 2. The summed E-state index contributed by atoms with van der Waals surface area (Å²) in [7, 11) is 3.81. The van der Waals surface area contributed by atoms with Crippen LogP contribution in [0.15, 0.2) is 42.5 Å². The van der Waals surface area contributed by atoms with Crippen molar-refractivity contribution in [2.75, 3.05) is 20.7 Å². The van der Waals surface area contributed by atoms with Gasteiger partial charge in [-0.1, -0.05) is 24.3 Å². The lowest BCUT2D eigenvalue weighted by Crippen LogP contribution is -2.46. The number of hydrogen-bond donors (Lipinski definition) is 1. The second-order valence-corrected chi connectivity index (χ2v) is 9.99. The van der Waals surface area contributed by atoms with Gasteiger partial charge in [0.25, 0.3) is 0 Å². The van der Waals surface area contributed by atoms with Gasteiger partial charge in [-0.2, -0.15) is 13.2 Å².